The predicted octanol–water partition coefficient (Wildman–Crippen LogP) is 1.11. The van der Waals surface area contributed by atoms with Gasteiger partial charge in [0, 0.05) is 0 Å². The van der Waals surface area contributed by atoms with E-state index in [0.29, 0.717) is 0 Å². The third-order valence-corrected chi connectivity index (χ3v) is 2.31. The van der Waals surface area contributed by atoms with Crippen LogP contribution in [0.15, 0.2) is 24.3 Å². The van der Waals surface area contributed by atoms with Crippen molar-refractivity contribution in [1.82, 2.24) is 0 Å². The number of halogens is 3. The zero-order chi connectivity index (χ0) is 11.5. The Morgan fingerprint density at radius 3 is 2.53 bits per heavy atom. The fraction of sp³-hybridized carbons (Fsp3) is 0.375. The van der Waals surface area contributed by atoms with Gasteiger partial charge in [-0.05, 0) is 6.08 Å². The molecule has 3 nitrogen and oxygen atoms in total. The lowest BCUT2D eigenvalue weighted by Crippen LogP contribution is -2.28. The van der Waals surface area contributed by atoms with Crippen LogP contribution in [0, 0.1) is 0 Å². The molecular formula is C8H7F3O3S. The summed E-state index contributed by atoms with van der Waals surface area (Å²) in [5, 5.41) is 0. The molecule has 0 fully saturated rings. The molecule has 0 aliphatic heterocycles. The standard InChI is InChI=1S/C8H7F3O3S/c9-8(10,11)5-14-6-3-1-2-4-7(6)15(12)13/h1-4,6H,5H2. The summed E-state index contributed by atoms with van der Waals surface area (Å²) in [6.45, 7) is -1.48. The van der Waals surface area contributed by atoms with Gasteiger partial charge in [0.05, 0.1) is 0 Å². The summed E-state index contributed by atoms with van der Waals surface area (Å²) in [5.74, 6) is 0. The molecule has 0 amide bonds. The van der Waals surface area contributed by atoms with Crippen LogP contribution < -0.4 is 0 Å². The van der Waals surface area contributed by atoms with Crippen molar-refractivity contribution in [2.24, 2.45) is 0 Å². The summed E-state index contributed by atoms with van der Waals surface area (Å²) in [6, 6.07) is 0. The molecule has 1 rings (SSSR count). The highest BCUT2D eigenvalue weighted by atomic mass is 32.2. The van der Waals surface area contributed by atoms with Crippen LogP contribution in [0.25, 0.3) is 0 Å². The number of hydrogen-bond acceptors (Lipinski definition) is 3. The normalized spacial score (nSPS) is 20.7. The summed E-state index contributed by atoms with van der Waals surface area (Å²) in [5.41, 5.74) is 0. The van der Waals surface area contributed by atoms with E-state index >= 15 is 0 Å². The van der Waals surface area contributed by atoms with Crippen LogP contribution in [0.1, 0.15) is 0 Å². The van der Waals surface area contributed by atoms with Crippen molar-refractivity contribution in [3.05, 3.63) is 24.3 Å². The molecule has 1 atom stereocenters. The highest BCUT2D eigenvalue weighted by Crippen LogP contribution is 2.17. The van der Waals surface area contributed by atoms with E-state index in [1.54, 1.807) is 0 Å². The fourth-order valence-electron chi connectivity index (χ4n) is 0.977. The first-order valence-electron chi connectivity index (χ1n) is 3.89. The number of hydrogen-bond donors (Lipinski definition) is 0. The second kappa shape index (κ2) is 4.63. The van der Waals surface area contributed by atoms with Crippen molar-refractivity contribution in [1.29, 1.82) is 0 Å². The molecule has 0 N–H and O–H groups in total. The Labute approximate surface area is 85.4 Å². The van der Waals surface area contributed by atoms with Crippen molar-refractivity contribution in [3.63, 3.8) is 0 Å². The van der Waals surface area contributed by atoms with Crippen molar-refractivity contribution >= 4 is 15.2 Å². The third-order valence-electron chi connectivity index (χ3n) is 1.56. The van der Waals surface area contributed by atoms with Crippen molar-refractivity contribution in [2.75, 3.05) is 6.61 Å². The Bertz CT molecular complexity index is 409. The molecule has 0 bridgehead atoms. The molecule has 1 aliphatic carbocycles. The minimum absolute atomic E-state index is 0.207. The molecule has 84 valence electrons. The number of allylic oxidation sites excluding steroid dienone is 2. The van der Waals surface area contributed by atoms with Gasteiger partial charge in [-0.3, -0.25) is 0 Å². The maximum absolute atomic E-state index is 11.8. The Hall–Kier alpha value is -1.08. The Morgan fingerprint density at radius 1 is 1.33 bits per heavy atom. The molecule has 0 radical (unpaired) electrons. The molecule has 0 heterocycles. The van der Waals surface area contributed by atoms with Gasteiger partial charge in [-0.15, -0.1) is 0 Å². The van der Waals surface area contributed by atoms with Gasteiger partial charge in [0.15, 0.2) is 0 Å². The highest BCUT2D eigenvalue weighted by Gasteiger charge is 2.30. The van der Waals surface area contributed by atoms with Gasteiger partial charge >= 0.3 is 6.18 Å². The zero-order valence-corrected chi connectivity index (χ0v) is 8.18. The van der Waals surface area contributed by atoms with Gasteiger partial charge in [0.25, 0.3) is 0 Å². The lowest BCUT2D eigenvalue weighted by molar-refractivity contribution is -0.175. The van der Waals surface area contributed by atoms with E-state index in [1.165, 1.54) is 24.3 Å². The summed E-state index contributed by atoms with van der Waals surface area (Å²) in [4.78, 5) is -0.207. The Morgan fingerprint density at radius 2 is 2.00 bits per heavy atom. The van der Waals surface area contributed by atoms with Crippen LogP contribution in [0.5, 0.6) is 0 Å². The monoisotopic (exact) mass is 240 g/mol. The third kappa shape index (κ3) is 3.88. The van der Waals surface area contributed by atoms with E-state index in [-0.39, 0.29) is 4.86 Å². The lowest BCUT2D eigenvalue weighted by Gasteiger charge is -2.15. The van der Waals surface area contributed by atoms with Crippen molar-refractivity contribution in [2.45, 2.75) is 12.3 Å². The first-order chi connectivity index (χ1) is 6.90. The van der Waals surface area contributed by atoms with E-state index in [9.17, 15) is 21.6 Å². The zero-order valence-electron chi connectivity index (χ0n) is 7.36. The molecular weight excluding hydrogens is 233 g/mol. The van der Waals surface area contributed by atoms with Crippen LogP contribution in [0.4, 0.5) is 13.2 Å². The van der Waals surface area contributed by atoms with E-state index in [2.05, 4.69) is 4.74 Å². The molecule has 0 saturated carbocycles. The summed E-state index contributed by atoms with van der Waals surface area (Å²) in [7, 11) is -2.57. The second-order valence-corrected chi connectivity index (χ2v) is 3.67. The average molecular weight is 240 g/mol. The topological polar surface area (TPSA) is 43.4 Å². The molecule has 0 aromatic carbocycles. The maximum Gasteiger partial charge on any atom is 0.411 e. The van der Waals surface area contributed by atoms with Gasteiger partial charge in [-0.2, -0.15) is 21.6 Å². The van der Waals surface area contributed by atoms with Gasteiger partial charge < -0.3 is 4.74 Å². The van der Waals surface area contributed by atoms with Gasteiger partial charge in [0.2, 0.25) is 10.3 Å². The number of alkyl halides is 3. The molecule has 0 spiro atoms. The van der Waals surface area contributed by atoms with E-state index in [0.717, 1.165) is 0 Å². The molecule has 0 aromatic rings. The number of rotatable bonds is 2. The molecule has 7 heteroatoms. The predicted molar refractivity (Wildman–Crippen MR) is 48.0 cm³/mol. The van der Waals surface area contributed by atoms with Crippen LogP contribution >= 0.6 is 0 Å². The average Bonchev–Trinajstić information content (AvgIpc) is 2.14. The molecule has 0 aromatic heterocycles. The van der Waals surface area contributed by atoms with Crippen molar-refractivity contribution < 1.29 is 26.3 Å². The first-order valence-corrected chi connectivity index (χ1v) is 4.97. The SMILES string of the molecule is O=S(=O)=C1C=CC=CC1OCC(F)(F)F. The van der Waals surface area contributed by atoms with Gasteiger partial charge in [-0.25, -0.2) is 0 Å². The summed E-state index contributed by atoms with van der Waals surface area (Å²) >= 11 is 0. The molecule has 1 unspecified atom stereocenters. The first kappa shape index (κ1) is 12.0. The largest absolute Gasteiger partial charge is 0.411 e. The van der Waals surface area contributed by atoms with Crippen LogP contribution in [-0.2, 0) is 15.0 Å². The molecule has 0 saturated heterocycles. The van der Waals surface area contributed by atoms with Gasteiger partial charge in [-0.1, -0.05) is 18.2 Å². The minimum Gasteiger partial charge on any atom is -0.359 e. The van der Waals surface area contributed by atoms with Crippen LogP contribution in [0.2, 0.25) is 0 Å². The van der Waals surface area contributed by atoms with Crippen LogP contribution in [-0.4, -0.2) is 32.2 Å². The van der Waals surface area contributed by atoms with Gasteiger partial charge in [0.1, 0.15) is 17.6 Å². The fourth-order valence-corrected chi connectivity index (χ4v) is 1.50. The van der Waals surface area contributed by atoms with Crippen LogP contribution in [0.3, 0.4) is 0 Å². The second-order valence-electron chi connectivity index (χ2n) is 2.73. The summed E-state index contributed by atoms with van der Waals surface area (Å²) in [6.07, 6.45) is -0.337. The molecule has 15 heavy (non-hydrogen) atoms. The quantitative estimate of drug-likeness (QED) is 0.679. The summed E-state index contributed by atoms with van der Waals surface area (Å²) < 4.78 is 61.1. The lowest BCUT2D eigenvalue weighted by atomic mass is 10.1. The Kier molecular flexibility index (Phi) is 3.70. The maximum atomic E-state index is 11.8. The smallest absolute Gasteiger partial charge is 0.359 e. The van der Waals surface area contributed by atoms with E-state index in [4.69, 9.17) is 0 Å². The molecule has 1 aliphatic rings. The number of ether oxygens (including phenoxy) is 1. The Balaban J connectivity index is 2.74. The van der Waals surface area contributed by atoms with Crippen molar-refractivity contribution in [3.8, 4) is 0 Å². The van der Waals surface area contributed by atoms with E-state index < -0.39 is 29.2 Å². The minimum atomic E-state index is -4.47. The highest BCUT2D eigenvalue weighted by molar-refractivity contribution is 7.73. The van der Waals surface area contributed by atoms with E-state index in [1.807, 2.05) is 0 Å².